The molecule has 1 heterocycles. The number of nitrogens with one attached hydrogen (secondary N) is 1. The van der Waals surface area contributed by atoms with Crippen molar-refractivity contribution in [2.45, 2.75) is 13.0 Å². The first-order valence-corrected chi connectivity index (χ1v) is 8.51. The number of aliphatic imine (C=N–C) groups is 1. The molecule has 1 aromatic rings. The summed E-state index contributed by atoms with van der Waals surface area (Å²) in [7, 11) is 5.94. The lowest BCUT2D eigenvalue weighted by Gasteiger charge is -2.25. The van der Waals surface area contributed by atoms with Gasteiger partial charge in [-0.25, -0.2) is 4.39 Å². The molecule has 1 unspecified atom stereocenters. The van der Waals surface area contributed by atoms with Crippen LogP contribution in [0.4, 0.5) is 4.39 Å². The van der Waals surface area contributed by atoms with Crippen LogP contribution >= 0.6 is 0 Å². The Bertz CT molecular complexity index is 514. The summed E-state index contributed by atoms with van der Waals surface area (Å²) in [5, 5.41) is 3.40. The lowest BCUT2D eigenvalue weighted by Crippen LogP contribution is -2.43. The van der Waals surface area contributed by atoms with Gasteiger partial charge in [-0.15, -0.1) is 0 Å². The van der Waals surface area contributed by atoms with Gasteiger partial charge < -0.3 is 19.9 Å². The van der Waals surface area contributed by atoms with E-state index < -0.39 is 0 Å². The first-order chi connectivity index (χ1) is 11.6. The summed E-state index contributed by atoms with van der Waals surface area (Å²) >= 11 is 0. The number of nitrogens with zero attached hydrogens (tertiary/aromatic N) is 3. The molecule has 1 N–H and O–H groups in total. The fourth-order valence-electron chi connectivity index (χ4n) is 2.92. The molecule has 0 saturated carbocycles. The Morgan fingerprint density at radius 3 is 2.71 bits per heavy atom. The Morgan fingerprint density at radius 2 is 2.08 bits per heavy atom. The highest BCUT2D eigenvalue weighted by atomic mass is 19.1. The number of rotatable bonds is 7. The molecule has 6 heteroatoms. The molecular formula is C18H29FN4O. The van der Waals surface area contributed by atoms with Crippen LogP contribution in [0.15, 0.2) is 29.3 Å². The molecule has 2 rings (SSSR count). The first-order valence-electron chi connectivity index (χ1n) is 8.51. The van der Waals surface area contributed by atoms with Crippen molar-refractivity contribution in [1.82, 2.24) is 15.1 Å². The summed E-state index contributed by atoms with van der Waals surface area (Å²) in [4.78, 5) is 8.72. The SMILES string of the molecule is CN=C(NCCN(C)Cc1ccc(F)cc1)N(C)CC1CCOC1. The monoisotopic (exact) mass is 336 g/mol. The molecular weight excluding hydrogens is 307 g/mol. The topological polar surface area (TPSA) is 40.1 Å². The van der Waals surface area contributed by atoms with Crippen molar-refractivity contribution in [3.05, 3.63) is 35.6 Å². The quantitative estimate of drug-likeness (QED) is 0.609. The number of guanidine groups is 1. The lowest BCUT2D eigenvalue weighted by atomic mass is 10.1. The van der Waals surface area contributed by atoms with Gasteiger partial charge in [-0.05, 0) is 31.2 Å². The normalized spacial score (nSPS) is 18.2. The predicted molar refractivity (Wildman–Crippen MR) is 95.7 cm³/mol. The van der Waals surface area contributed by atoms with Crippen molar-refractivity contribution >= 4 is 5.96 Å². The van der Waals surface area contributed by atoms with E-state index in [2.05, 4.69) is 34.2 Å². The Hall–Kier alpha value is -1.66. The molecule has 0 amide bonds. The summed E-state index contributed by atoms with van der Waals surface area (Å²) in [5.41, 5.74) is 1.11. The van der Waals surface area contributed by atoms with Crippen molar-refractivity contribution in [2.24, 2.45) is 10.9 Å². The van der Waals surface area contributed by atoms with E-state index in [1.54, 1.807) is 0 Å². The number of hydrogen-bond donors (Lipinski definition) is 1. The molecule has 1 fully saturated rings. The minimum absolute atomic E-state index is 0.192. The molecule has 5 nitrogen and oxygen atoms in total. The second kappa shape index (κ2) is 9.59. The van der Waals surface area contributed by atoms with E-state index in [4.69, 9.17) is 4.74 Å². The maximum absolute atomic E-state index is 12.9. The van der Waals surface area contributed by atoms with Crippen molar-refractivity contribution in [3.63, 3.8) is 0 Å². The first kappa shape index (κ1) is 18.7. The molecule has 0 spiro atoms. The average molecular weight is 336 g/mol. The predicted octanol–water partition coefficient (Wildman–Crippen LogP) is 1.80. The Kier molecular flexibility index (Phi) is 7.46. The van der Waals surface area contributed by atoms with Gasteiger partial charge in [0.05, 0.1) is 6.61 Å². The average Bonchev–Trinajstić information content (AvgIpc) is 3.06. The fraction of sp³-hybridized carbons (Fsp3) is 0.611. The largest absolute Gasteiger partial charge is 0.381 e. The van der Waals surface area contributed by atoms with E-state index in [0.29, 0.717) is 5.92 Å². The van der Waals surface area contributed by atoms with Gasteiger partial charge in [0, 0.05) is 52.8 Å². The summed E-state index contributed by atoms with van der Waals surface area (Å²) in [6, 6.07) is 6.67. The molecule has 0 aliphatic carbocycles. The van der Waals surface area contributed by atoms with Gasteiger partial charge >= 0.3 is 0 Å². The van der Waals surface area contributed by atoms with Gasteiger partial charge in [-0.2, -0.15) is 0 Å². The van der Waals surface area contributed by atoms with Gasteiger partial charge in [0.2, 0.25) is 0 Å². The van der Waals surface area contributed by atoms with E-state index in [0.717, 1.165) is 57.3 Å². The highest BCUT2D eigenvalue weighted by Crippen LogP contribution is 2.13. The second-order valence-electron chi connectivity index (χ2n) is 6.45. The van der Waals surface area contributed by atoms with Crippen LogP contribution in [-0.2, 0) is 11.3 Å². The second-order valence-corrected chi connectivity index (χ2v) is 6.45. The molecule has 1 saturated heterocycles. The highest BCUT2D eigenvalue weighted by molar-refractivity contribution is 5.79. The standard InChI is InChI=1S/C18H29FN4O/c1-20-18(23(3)13-16-8-11-24-14-16)21-9-10-22(2)12-15-4-6-17(19)7-5-15/h4-7,16H,8-14H2,1-3H3,(H,20,21). The van der Waals surface area contributed by atoms with Gasteiger partial charge in [0.1, 0.15) is 5.82 Å². The maximum Gasteiger partial charge on any atom is 0.193 e. The summed E-state index contributed by atoms with van der Waals surface area (Å²) < 4.78 is 18.4. The maximum atomic E-state index is 12.9. The summed E-state index contributed by atoms with van der Waals surface area (Å²) in [5.74, 6) is 1.31. The van der Waals surface area contributed by atoms with E-state index in [1.807, 2.05) is 19.2 Å². The molecule has 0 radical (unpaired) electrons. The van der Waals surface area contributed by atoms with Gasteiger partial charge in [-0.1, -0.05) is 12.1 Å². The smallest absolute Gasteiger partial charge is 0.193 e. The minimum atomic E-state index is -0.192. The van der Waals surface area contributed by atoms with Crippen molar-refractivity contribution < 1.29 is 9.13 Å². The summed E-state index contributed by atoms with van der Waals surface area (Å²) in [6.45, 7) is 5.19. The Labute approximate surface area is 144 Å². The van der Waals surface area contributed by atoms with Crippen molar-refractivity contribution in [2.75, 3.05) is 54.0 Å². The fourth-order valence-corrected chi connectivity index (χ4v) is 2.92. The van der Waals surface area contributed by atoms with E-state index in [-0.39, 0.29) is 5.82 Å². The Morgan fingerprint density at radius 1 is 1.33 bits per heavy atom. The zero-order chi connectivity index (χ0) is 17.4. The molecule has 24 heavy (non-hydrogen) atoms. The molecule has 1 atom stereocenters. The minimum Gasteiger partial charge on any atom is -0.381 e. The van der Waals surface area contributed by atoms with Crippen LogP contribution in [-0.4, -0.2) is 69.8 Å². The molecule has 0 aromatic heterocycles. The van der Waals surface area contributed by atoms with Gasteiger partial charge in [0.15, 0.2) is 5.96 Å². The van der Waals surface area contributed by atoms with E-state index in [9.17, 15) is 4.39 Å². The number of benzene rings is 1. The number of ether oxygens (including phenoxy) is 1. The lowest BCUT2D eigenvalue weighted by molar-refractivity contribution is 0.181. The van der Waals surface area contributed by atoms with Crippen molar-refractivity contribution in [3.8, 4) is 0 Å². The van der Waals surface area contributed by atoms with Crippen LogP contribution in [0, 0.1) is 11.7 Å². The number of likely N-dealkylation sites (N-methyl/N-ethyl adjacent to an activating group) is 1. The molecule has 1 aromatic carbocycles. The third-order valence-corrected chi connectivity index (χ3v) is 4.27. The highest BCUT2D eigenvalue weighted by Gasteiger charge is 2.18. The van der Waals surface area contributed by atoms with Crippen LogP contribution in [0.25, 0.3) is 0 Å². The van der Waals surface area contributed by atoms with Gasteiger partial charge in [0.25, 0.3) is 0 Å². The van der Waals surface area contributed by atoms with E-state index >= 15 is 0 Å². The Balaban J connectivity index is 1.69. The third kappa shape index (κ3) is 6.09. The zero-order valence-corrected chi connectivity index (χ0v) is 15.0. The summed E-state index contributed by atoms with van der Waals surface area (Å²) in [6.07, 6.45) is 1.13. The zero-order valence-electron chi connectivity index (χ0n) is 15.0. The molecule has 1 aliphatic heterocycles. The van der Waals surface area contributed by atoms with Crippen LogP contribution in [0.5, 0.6) is 0 Å². The van der Waals surface area contributed by atoms with Crippen LogP contribution in [0.3, 0.4) is 0 Å². The van der Waals surface area contributed by atoms with Crippen LogP contribution < -0.4 is 5.32 Å². The molecule has 1 aliphatic rings. The number of hydrogen-bond acceptors (Lipinski definition) is 3. The third-order valence-electron chi connectivity index (χ3n) is 4.27. The van der Waals surface area contributed by atoms with Crippen LogP contribution in [0.1, 0.15) is 12.0 Å². The van der Waals surface area contributed by atoms with Crippen molar-refractivity contribution in [1.29, 1.82) is 0 Å². The molecule has 134 valence electrons. The van der Waals surface area contributed by atoms with Crippen LogP contribution in [0.2, 0.25) is 0 Å². The van der Waals surface area contributed by atoms with E-state index in [1.165, 1.54) is 12.1 Å². The molecule has 0 bridgehead atoms. The number of halogens is 1. The van der Waals surface area contributed by atoms with Gasteiger partial charge in [-0.3, -0.25) is 4.99 Å².